The first-order valence-corrected chi connectivity index (χ1v) is 11.2. The molecule has 0 unspecified atom stereocenters. The van der Waals surface area contributed by atoms with Crippen LogP contribution in [0.2, 0.25) is 0 Å². The fourth-order valence-electron chi connectivity index (χ4n) is 3.09. The molecule has 3 atom stereocenters. The number of hydrogen-bond acceptors (Lipinski definition) is 5. The smallest absolute Gasteiger partial charge is 0.309 e. The summed E-state index contributed by atoms with van der Waals surface area (Å²) in [7, 11) is 0. The van der Waals surface area contributed by atoms with Crippen molar-refractivity contribution in [1.82, 2.24) is 0 Å². The zero-order valence-electron chi connectivity index (χ0n) is 19.0. The Kier molecular flexibility index (Phi) is 8.69. The van der Waals surface area contributed by atoms with Crippen molar-refractivity contribution < 1.29 is 23.5 Å². The van der Waals surface area contributed by atoms with Crippen molar-refractivity contribution in [1.29, 1.82) is 0 Å². The van der Waals surface area contributed by atoms with E-state index in [-0.39, 0.29) is 17.5 Å². The number of halogens is 1. The molecule has 0 saturated carbocycles. The van der Waals surface area contributed by atoms with Gasteiger partial charge in [-0.2, -0.15) is 0 Å². The maximum atomic E-state index is 13.7. The van der Waals surface area contributed by atoms with Crippen LogP contribution >= 0.6 is 11.8 Å². The number of hydrogen-bond donors (Lipinski definition) is 0. The van der Waals surface area contributed by atoms with Crippen LogP contribution in [0, 0.1) is 18.7 Å². The van der Waals surface area contributed by atoms with Gasteiger partial charge in [0.1, 0.15) is 17.5 Å². The standard InChI is InChI=1S/C25H31FO4S/c1-16-14-19(26)12-13-21(16)23(31-20-10-8-7-9-11-20)18(3)29-24(28)17(2)15-22(27)30-25(4,5)6/h7-14,17-18,23H,15H2,1-6H3/t17-,18+,23+/m1/s1. The van der Waals surface area contributed by atoms with E-state index in [0.29, 0.717) is 0 Å². The van der Waals surface area contributed by atoms with E-state index in [1.54, 1.807) is 45.5 Å². The molecule has 0 N–H and O–H groups in total. The lowest BCUT2D eigenvalue weighted by Gasteiger charge is -2.27. The minimum atomic E-state index is -0.631. The van der Waals surface area contributed by atoms with Crippen molar-refractivity contribution in [3.63, 3.8) is 0 Å². The Labute approximate surface area is 188 Å². The maximum Gasteiger partial charge on any atom is 0.309 e. The highest BCUT2D eigenvalue weighted by atomic mass is 32.2. The van der Waals surface area contributed by atoms with Crippen molar-refractivity contribution in [2.24, 2.45) is 5.92 Å². The van der Waals surface area contributed by atoms with Gasteiger partial charge >= 0.3 is 11.9 Å². The lowest BCUT2D eigenvalue weighted by molar-refractivity contribution is -0.163. The molecule has 0 fully saturated rings. The summed E-state index contributed by atoms with van der Waals surface area (Å²) in [6, 6.07) is 14.4. The normalized spacial score (nSPS) is 14.4. The number of benzene rings is 2. The molecule has 0 radical (unpaired) electrons. The highest BCUT2D eigenvalue weighted by molar-refractivity contribution is 7.99. The average molecular weight is 447 g/mol. The van der Waals surface area contributed by atoms with E-state index in [2.05, 4.69) is 0 Å². The molecule has 4 nitrogen and oxygen atoms in total. The first kappa shape index (κ1) is 24.9. The van der Waals surface area contributed by atoms with Crippen LogP contribution < -0.4 is 0 Å². The number of rotatable bonds is 8. The van der Waals surface area contributed by atoms with Gasteiger partial charge in [-0.25, -0.2) is 4.39 Å². The van der Waals surface area contributed by atoms with E-state index in [1.807, 2.05) is 44.2 Å². The Morgan fingerprint density at radius 2 is 1.71 bits per heavy atom. The molecule has 0 aliphatic heterocycles. The van der Waals surface area contributed by atoms with E-state index in [0.717, 1.165) is 16.0 Å². The molecule has 0 amide bonds. The topological polar surface area (TPSA) is 52.6 Å². The molecule has 0 aliphatic carbocycles. The fraction of sp³-hybridized carbons (Fsp3) is 0.440. The summed E-state index contributed by atoms with van der Waals surface area (Å²) in [5, 5.41) is -0.235. The van der Waals surface area contributed by atoms with Crippen molar-refractivity contribution in [2.45, 2.75) is 69.8 Å². The predicted molar refractivity (Wildman–Crippen MR) is 121 cm³/mol. The van der Waals surface area contributed by atoms with Crippen molar-refractivity contribution in [2.75, 3.05) is 0 Å². The second-order valence-electron chi connectivity index (χ2n) is 8.69. The van der Waals surface area contributed by atoms with Crippen LogP contribution in [0.4, 0.5) is 4.39 Å². The summed E-state index contributed by atoms with van der Waals surface area (Å²) in [6.45, 7) is 10.7. The number of ether oxygens (including phenoxy) is 2. The maximum absolute atomic E-state index is 13.7. The summed E-state index contributed by atoms with van der Waals surface area (Å²) in [5.41, 5.74) is 1.08. The second kappa shape index (κ2) is 10.8. The molecule has 31 heavy (non-hydrogen) atoms. The SMILES string of the molecule is Cc1cc(F)ccc1[C@@H](Sc1ccccc1)[C@H](C)OC(=O)[C@H](C)CC(=O)OC(C)(C)C. The monoisotopic (exact) mass is 446 g/mol. The molecule has 0 saturated heterocycles. The molecule has 0 aromatic heterocycles. The van der Waals surface area contributed by atoms with Gasteiger partial charge in [0.2, 0.25) is 0 Å². The number of esters is 2. The third-order valence-corrected chi connectivity index (χ3v) is 6.00. The largest absolute Gasteiger partial charge is 0.461 e. The Hall–Kier alpha value is -2.34. The van der Waals surface area contributed by atoms with Crippen molar-refractivity contribution >= 4 is 23.7 Å². The summed E-state index contributed by atoms with van der Waals surface area (Å²) in [4.78, 5) is 25.8. The molecule has 2 rings (SSSR count). The Bertz CT molecular complexity index is 892. The Balaban J connectivity index is 2.15. The molecule has 2 aromatic carbocycles. The first-order valence-electron chi connectivity index (χ1n) is 10.4. The van der Waals surface area contributed by atoms with Gasteiger partial charge in [0.05, 0.1) is 17.6 Å². The molecule has 0 spiro atoms. The predicted octanol–water partition coefficient (Wildman–Crippen LogP) is 6.27. The van der Waals surface area contributed by atoms with Crippen molar-refractivity contribution in [3.8, 4) is 0 Å². The van der Waals surface area contributed by atoms with Gasteiger partial charge in [-0.05, 0) is 70.0 Å². The Morgan fingerprint density at radius 1 is 1.06 bits per heavy atom. The van der Waals surface area contributed by atoms with Crippen LogP contribution in [0.25, 0.3) is 0 Å². The molecule has 6 heteroatoms. The Morgan fingerprint density at radius 3 is 2.29 bits per heavy atom. The summed E-state index contributed by atoms with van der Waals surface area (Å²) in [5.74, 6) is -1.83. The molecule has 0 bridgehead atoms. The lowest BCUT2D eigenvalue weighted by Crippen LogP contribution is -2.29. The number of carbonyl (C=O) groups excluding carboxylic acids is 2. The van der Waals surface area contributed by atoms with E-state index in [9.17, 15) is 14.0 Å². The zero-order chi connectivity index (χ0) is 23.2. The summed E-state index contributed by atoms with van der Waals surface area (Å²) >= 11 is 1.55. The van der Waals surface area contributed by atoms with E-state index in [4.69, 9.17) is 9.47 Å². The third-order valence-electron chi connectivity index (χ3n) is 4.57. The van der Waals surface area contributed by atoms with Gasteiger partial charge in [-0.15, -0.1) is 11.8 Å². The number of aryl methyl sites for hydroxylation is 1. The molecule has 168 valence electrons. The zero-order valence-corrected chi connectivity index (χ0v) is 19.8. The van der Waals surface area contributed by atoms with Crippen LogP contribution in [0.3, 0.4) is 0 Å². The van der Waals surface area contributed by atoms with Gasteiger partial charge in [0.15, 0.2) is 0 Å². The lowest BCUT2D eigenvalue weighted by atomic mass is 10.0. The molecular weight excluding hydrogens is 415 g/mol. The van der Waals surface area contributed by atoms with Gasteiger partial charge in [-0.1, -0.05) is 31.2 Å². The van der Waals surface area contributed by atoms with Crippen molar-refractivity contribution in [3.05, 3.63) is 65.5 Å². The van der Waals surface area contributed by atoms with Gasteiger partial charge in [0, 0.05) is 4.90 Å². The molecule has 2 aromatic rings. The number of thioether (sulfide) groups is 1. The van der Waals surface area contributed by atoms with Crippen LogP contribution in [-0.2, 0) is 19.1 Å². The van der Waals surface area contributed by atoms with Gasteiger partial charge in [-0.3, -0.25) is 9.59 Å². The molecule has 0 heterocycles. The quantitative estimate of drug-likeness (QED) is 0.353. The van der Waals surface area contributed by atoms with Gasteiger partial charge < -0.3 is 9.47 Å². The first-order chi connectivity index (χ1) is 14.5. The minimum Gasteiger partial charge on any atom is -0.461 e. The van der Waals surface area contributed by atoms with Crippen LogP contribution in [0.1, 0.15) is 57.4 Å². The van der Waals surface area contributed by atoms with Crippen LogP contribution in [0.15, 0.2) is 53.4 Å². The van der Waals surface area contributed by atoms with E-state index >= 15 is 0 Å². The van der Waals surface area contributed by atoms with Crippen LogP contribution in [-0.4, -0.2) is 23.6 Å². The summed E-state index contributed by atoms with van der Waals surface area (Å²) in [6.07, 6.45) is -0.544. The summed E-state index contributed by atoms with van der Waals surface area (Å²) < 4.78 is 24.7. The number of carbonyl (C=O) groups is 2. The third kappa shape index (κ3) is 8.02. The highest BCUT2D eigenvalue weighted by Crippen LogP contribution is 2.40. The van der Waals surface area contributed by atoms with Crippen LogP contribution in [0.5, 0.6) is 0 Å². The average Bonchev–Trinajstić information content (AvgIpc) is 2.65. The fourth-order valence-corrected chi connectivity index (χ4v) is 4.34. The second-order valence-corrected chi connectivity index (χ2v) is 9.90. The van der Waals surface area contributed by atoms with E-state index < -0.39 is 29.6 Å². The highest BCUT2D eigenvalue weighted by Gasteiger charge is 2.29. The minimum absolute atomic E-state index is 0.0467. The van der Waals surface area contributed by atoms with E-state index in [1.165, 1.54) is 12.1 Å². The molecule has 0 aliphatic rings. The molecular formula is C25H31FO4S. The van der Waals surface area contributed by atoms with Gasteiger partial charge in [0.25, 0.3) is 0 Å².